The maximum atomic E-state index is 11.7. The summed E-state index contributed by atoms with van der Waals surface area (Å²) in [5, 5.41) is 8.02. The molecule has 5 heteroatoms. The van der Waals surface area contributed by atoms with E-state index in [1.54, 1.807) is 25.1 Å². The van der Waals surface area contributed by atoms with Gasteiger partial charge in [0.15, 0.2) is 5.78 Å². The molecule has 0 aromatic heterocycles. The van der Waals surface area contributed by atoms with Crippen molar-refractivity contribution in [3.63, 3.8) is 0 Å². The van der Waals surface area contributed by atoms with Crippen LogP contribution in [0.1, 0.15) is 22.8 Å². The molecule has 1 aromatic rings. The largest absolute Gasteiger partial charge is 0.481 e. The van der Waals surface area contributed by atoms with Crippen LogP contribution in [0.3, 0.4) is 0 Å². The molecule has 0 aliphatic rings. The first-order valence-electron chi connectivity index (χ1n) is 4.60. The Morgan fingerprint density at radius 2 is 2.12 bits per heavy atom. The van der Waals surface area contributed by atoms with E-state index in [4.69, 9.17) is 16.7 Å². The zero-order valence-electron chi connectivity index (χ0n) is 8.54. The second kappa shape index (κ2) is 5.46. The van der Waals surface area contributed by atoms with Crippen LogP contribution >= 0.6 is 27.5 Å². The first kappa shape index (κ1) is 13.2. The Morgan fingerprint density at radius 3 is 2.62 bits per heavy atom. The Kier molecular flexibility index (Phi) is 4.50. The first-order chi connectivity index (χ1) is 7.41. The first-order valence-corrected chi connectivity index (χ1v) is 5.83. The van der Waals surface area contributed by atoms with E-state index in [9.17, 15) is 9.59 Å². The van der Waals surface area contributed by atoms with Crippen LogP contribution in [0, 0.1) is 0 Å². The lowest BCUT2D eigenvalue weighted by molar-refractivity contribution is -0.136. The minimum Gasteiger partial charge on any atom is -0.481 e. The normalized spacial score (nSPS) is 12.2. The van der Waals surface area contributed by atoms with Gasteiger partial charge in [0.25, 0.3) is 0 Å². The number of carbonyl (C=O) groups excluding carboxylic acids is 1. The van der Waals surface area contributed by atoms with Gasteiger partial charge in [0.2, 0.25) is 0 Å². The minimum absolute atomic E-state index is 0.107. The molecule has 0 heterocycles. The molecular formula is C11H10BrClO3. The van der Waals surface area contributed by atoms with Gasteiger partial charge in [-0.05, 0) is 24.6 Å². The Morgan fingerprint density at radius 1 is 1.50 bits per heavy atom. The summed E-state index contributed by atoms with van der Waals surface area (Å²) >= 11 is 8.94. The second-order valence-electron chi connectivity index (χ2n) is 3.36. The standard InChI is InChI=1S/C11H10BrClO3/c1-6(13)11(16)8-4-7(5-10(14)15)2-3-9(8)12/h2-4,6H,5H2,1H3,(H,14,15). The van der Waals surface area contributed by atoms with E-state index in [2.05, 4.69) is 15.9 Å². The van der Waals surface area contributed by atoms with Crippen molar-refractivity contribution < 1.29 is 14.7 Å². The number of hydrogen-bond donors (Lipinski definition) is 1. The smallest absolute Gasteiger partial charge is 0.307 e. The van der Waals surface area contributed by atoms with Gasteiger partial charge < -0.3 is 5.11 Å². The number of hydrogen-bond acceptors (Lipinski definition) is 2. The summed E-state index contributed by atoms with van der Waals surface area (Å²) in [7, 11) is 0. The summed E-state index contributed by atoms with van der Waals surface area (Å²) in [6.45, 7) is 1.58. The summed E-state index contributed by atoms with van der Waals surface area (Å²) < 4.78 is 0.624. The Balaban J connectivity index is 3.08. The number of carboxylic acid groups (broad SMARTS) is 1. The molecule has 0 amide bonds. The minimum atomic E-state index is -0.931. The number of ketones is 1. The molecule has 16 heavy (non-hydrogen) atoms. The predicted octanol–water partition coefficient (Wildman–Crippen LogP) is 2.89. The zero-order chi connectivity index (χ0) is 12.3. The summed E-state index contributed by atoms with van der Waals surface area (Å²) in [6.07, 6.45) is -0.107. The molecule has 0 bridgehead atoms. The summed E-state index contributed by atoms with van der Waals surface area (Å²) in [6, 6.07) is 4.87. The van der Waals surface area contributed by atoms with Crippen LogP contribution in [0.5, 0.6) is 0 Å². The van der Waals surface area contributed by atoms with Gasteiger partial charge in [-0.25, -0.2) is 0 Å². The number of Topliss-reactive ketones (excluding diaryl/α,β-unsaturated/α-hetero) is 1. The van der Waals surface area contributed by atoms with E-state index < -0.39 is 11.3 Å². The van der Waals surface area contributed by atoms with Crippen molar-refractivity contribution in [3.8, 4) is 0 Å². The van der Waals surface area contributed by atoms with Gasteiger partial charge in [-0.1, -0.05) is 22.0 Å². The Labute approximate surface area is 107 Å². The van der Waals surface area contributed by atoms with Crippen molar-refractivity contribution in [2.45, 2.75) is 18.7 Å². The lowest BCUT2D eigenvalue weighted by Crippen LogP contribution is -2.12. The number of carbonyl (C=O) groups is 2. The highest BCUT2D eigenvalue weighted by molar-refractivity contribution is 9.10. The maximum absolute atomic E-state index is 11.7. The molecule has 0 aliphatic carbocycles. The summed E-state index contributed by atoms with van der Waals surface area (Å²) in [4.78, 5) is 22.2. The number of benzene rings is 1. The Bertz CT molecular complexity index is 429. The molecule has 1 rings (SSSR count). The van der Waals surface area contributed by atoms with Crippen LogP contribution in [-0.4, -0.2) is 22.2 Å². The van der Waals surface area contributed by atoms with Gasteiger partial charge in [0.1, 0.15) is 0 Å². The highest BCUT2D eigenvalue weighted by Crippen LogP contribution is 2.21. The van der Waals surface area contributed by atoms with Gasteiger partial charge >= 0.3 is 5.97 Å². The average molecular weight is 306 g/mol. The molecule has 0 radical (unpaired) electrons. The highest BCUT2D eigenvalue weighted by atomic mass is 79.9. The SMILES string of the molecule is CC(Cl)C(=O)c1cc(CC(=O)O)ccc1Br. The Hall–Kier alpha value is -0.870. The van der Waals surface area contributed by atoms with Crippen LogP contribution in [0.25, 0.3) is 0 Å². The third kappa shape index (κ3) is 3.32. The van der Waals surface area contributed by atoms with Crippen molar-refractivity contribution in [1.29, 1.82) is 0 Å². The van der Waals surface area contributed by atoms with Crippen LogP contribution in [0.4, 0.5) is 0 Å². The molecule has 0 saturated carbocycles. The number of halogens is 2. The fourth-order valence-electron chi connectivity index (χ4n) is 1.26. The van der Waals surface area contributed by atoms with Gasteiger partial charge in [-0.2, -0.15) is 0 Å². The number of aliphatic carboxylic acids is 1. The van der Waals surface area contributed by atoms with Gasteiger partial charge in [0, 0.05) is 10.0 Å². The highest BCUT2D eigenvalue weighted by Gasteiger charge is 2.16. The third-order valence-corrected chi connectivity index (χ3v) is 2.90. The van der Waals surface area contributed by atoms with Crippen LogP contribution < -0.4 is 0 Å². The molecule has 0 aliphatic heterocycles. The van der Waals surface area contributed by atoms with E-state index in [1.165, 1.54) is 0 Å². The van der Waals surface area contributed by atoms with Gasteiger partial charge in [0.05, 0.1) is 11.8 Å². The van der Waals surface area contributed by atoms with Crippen LogP contribution in [-0.2, 0) is 11.2 Å². The molecule has 0 spiro atoms. The molecule has 1 aromatic carbocycles. The van der Waals surface area contributed by atoms with Crippen molar-refractivity contribution in [2.75, 3.05) is 0 Å². The quantitative estimate of drug-likeness (QED) is 0.687. The summed E-state index contributed by atoms with van der Waals surface area (Å²) in [5.41, 5.74) is 0.998. The molecular weight excluding hydrogens is 295 g/mol. The third-order valence-electron chi connectivity index (χ3n) is 2.01. The zero-order valence-corrected chi connectivity index (χ0v) is 10.9. The maximum Gasteiger partial charge on any atom is 0.307 e. The number of carboxylic acids is 1. The van der Waals surface area contributed by atoms with Gasteiger partial charge in [-0.3, -0.25) is 9.59 Å². The molecule has 0 fully saturated rings. The van der Waals surface area contributed by atoms with E-state index >= 15 is 0 Å². The molecule has 3 nitrogen and oxygen atoms in total. The van der Waals surface area contributed by atoms with Crippen molar-refractivity contribution in [2.24, 2.45) is 0 Å². The summed E-state index contributed by atoms with van der Waals surface area (Å²) in [5.74, 6) is -1.15. The number of alkyl halides is 1. The van der Waals surface area contributed by atoms with Gasteiger partial charge in [-0.15, -0.1) is 11.6 Å². The van der Waals surface area contributed by atoms with Crippen LogP contribution in [0.2, 0.25) is 0 Å². The second-order valence-corrected chi connectivity index (χ2v) is 4.87. The lowest BCUT2D eigenvalue weighted by atomic mass is 10.0. The lowest BCUT2D eigenvalue weighted by Gasteiger charge is -2.07. The van der Waals surface area contributed by atoms with Crippen molar-refractivity contribution >= 4 is 39.3 Å². The molecule has 1 unspecified atom stereocenters. The van der Waals surface area contributed by atoms with E-state index in [-0.39, 0.29) is 12.2 Å². The molecule has 1 N–H and O–H groups in total. The predicted molar refractivity (Wildman–Crippen MR) is 65.1 cm³/mol. The molecule has 86 valence electrons. The van der Waals surface area contributed by atoms with Crippen molar-refractivity contribution in [1.82, 2.24) is 0 Å². The van der Waals surface area contributed by atoms with E-state index in [1.807, 2.05) is 0 Å². The monoisotopic (exact) mass is 304 g/mol. The topological polar surface area (TPSA) is 54.4 Å². The average Bonchev–Trinajstić information content (AvgIpc) is 2.19. The van der Waals surface area contributed by atoms with Crippen molar-refractivity contribution in [3.05, 3.63) is 33.8 Å². The van der Waals surface area contributed by atoms with Crippen LogP contribution in [0.15, 0.2) is 22.7 Å². The van der Waals surface area contributed by atoms with E-state index in [0.717, 1.165) is 0 Å². The molecule has 0 saturated heterocycles. The van der Waals surface area contributed by atoms with E-state index in [0.29, 0.717) is 15.6 Å². The number of rotatable bonds is 4. The fraction of sp³-hybridized carbons (Fsp3) is 0.273. The fourth-order valence-corrected chi connectivity index (χ4v) is 1.82. The molecule has 1 atom stereocenters.